The highest BCUT2D eigenvalue weighted by Gasteiger charge is 2.40. The summed E-state index contributed by atoms with van der Waals surface area (Å²) in [5.41, 5.74) is 0. The minimum absolute atomic E-state index is 0.501. The summed E-state index contributed by atoms with van der Waals surface area (Å²) in [6, 6.07) is 6.10. The first-order valence-corrected chi connectivity index (χ1v) is 10.5. The number of hydrogen-bond acceptors (Lipinski definition) is 2. The highest BCUT2D eigenvalue weighted by Crippen LogP contribution is 2.37. The topological polar surface area (TPSA) is 33.0 Å². The van der Waals surface area contributed by atoms with Gasteiger partial charge >= 0.3 is 0 Å². The van der Waals surface area contributed by atoms with Gasteiger partial charge in [-0.3, -0.25) is 0 Å². The van der Waals surface area contributed by atoms with Crippen molar-refractivity contribution in [2.24, 2.45) is 11.8 Å². The van der Waals surface area contributed by atoms with Crippen molar-refractivity contribution in [1.29, 1.82) is 5.26 Å². The Hall–Kier alpha value is -0.333. The number of nitriles is 1. The number of rotatable bonds is 7. The molecular formula is C16H31NOSi. The van der Waals surface area contributed by atoms with Crippen molar-refractivity contribution in [3.8, 4) is 6.07 Å². The second-order valence-electron chi connectivity index (χ2n) is 7.05. The van der Waals surface area contributed by atoms with Gasteiger partial charge in [0.05, 0.1) is 6.07 Å². The molecule has 0 N–H and O–H groups in total. The van der Waals surface area contributed by atoms with Crippen molar-refractivity contribution in [3.63, 3.8) is 0 Å². The van der Waals surface area contributed by atoms with E-state index in [-0.39, 0.29) is 0 Å². The van der Waals surface area contributed by atoms with Crippen molar-refractivity contribution < 1.29 is 4.43 Å². The standard InChI is InChI=1S/C16H31NOSi/c1-14(2)12-16-8-7-11-19(18-16,13-15(3)4)10-6-5-9-17/h14-16H,5-8,10-13H2,1-4H3. The molecule has 1 aliphatic rings. The third kappa shape index (κ3) is 6.10. The molecule has 0 aromatic carbocycles. The summed E-state index contributed by atoms with van der Waals surface area (Å²) in [5.74, 6) is 1.46. The molecule has 0 spiro atoms. The Labute approximate surface area is 120 Å². The van der Waals surface area contributed by atoms with Crippen LogP contribution in [-0.2, 0) is 4.43 Å². The Balaban J connectivity index is 2.63. The highest BCUT2D eigenvalue weighted by atomic mass is 28.4. The number of nitrogens with zero attached hydrogens (tertiary/aromatic N) is 1. The molecule has 0 aromatic heterocycles. The van der Waals surface area contributed by atoms with Crippen LogP contribution in [0.2, 0.25) is 18.1 Å². The van der Waals surface area contributed by atoms with Crippen LogP contribution in [-0.4, -0.2) is 14.4 Å². The average Bonchev–Trinajstić information content (AvgIpc) is 2.27. The van der Waals surface area contributed by atoms with Crippen LogP contribution in [0.3, 0.4) is 0 Å². The first kappa shape index (κ1) is 16.7. The smallest absolute Gasteiger partial charge is 0.193 e. The lowest BCUT2D eigenvalue weighted by Gasteiger charge is -2.41. The third-order valence-electron chi connectivity index (χ3n) is 4.01. The zero-order chi connectivity index (χ0) is 14.3. The van der Waals surface area contributed by atoms with Crippen LogP contribution in [0.5, 0.6) is 0 Å². The molecule has 3 heteroatoms. The second kappa shape index (κ2) is 8.07. The van der Waals surface area contributed by atoms with Crippen LogP contribution < -0.4 is 0 Å². The van der Waals surface area contributed by atoms with E-state index >= 15 is 0 Å². The quantitative estimate of drug-likeness (QED) is 0.479. The van der Waals surface area contributed by atoms with Crippen molar-refractivity contribution in [1.82, 2.24) is 0 Å². The molecule has 0 aliphatic carbocycles. The van der Waals surface area contributed by atoms with Crippen LogP contribution in [0.25, 0.3) is 0 Å². The molecule has 110 valence electrons. The van der Waals surface area contributed by atoms with Gasteiger partial charge in [0.1, 0.15) is 0 Å². The zero-order valence-electron chi connectivity index (χ0n) is 13.2. The van der Waals surface area contributed by atoms with Gasteiger partial charge < -0.3 is 4.43 Å². The van der Waals surface area contributed by atoms with Crippen molar-refractivity contribution in [2.75, 3.05) is 0 Å². The maximum absolute atomic E-state index is 8.76. The van der Waals surface area contributed by atoms with Crippen molar-refractivity contribution >= 4 is 8.32 Å². The van der Waals surface area contributed by atoms with Crippen molar-refractivity contribution in [3.05, 3.63) is 0 Å². The van der Waals surface area contributed by atoms with Gasteiger partial charge in [-0.15, -0.1) is 0 Å². The number of hydrogen-bond donors (Lipinski definition) is 0. The maximum Gasteiger partial charge on any atom is 0.193 e. The predicted octanol–water partition coefficient (Wildman–Crippen LogP) is 5.12. The average molecular weight is 282 g/mol. The fraction of sp³-hybridized carbons (Fsp3) is 0.938. The lowest BCUT2D eigenvalue weighted by molar-refractivity contribution is 0.130. The Kier molecular flexibility index (Phi) is 7.10. The van der Waals surface area contributed by atoms with Gasteiger partial charge in [-0.05, 0) is 49.2 Å². The summed E-state index contributed by atoms with van der Waals surface area (Å²) in [5, 5.41) is 8.76. The summed E-state index contributed by atoms with van der Waals surface area (Å²) < 4.78 is 6.67. The van der Waals surface area contributed by atoms with Crippen LogP contribution in [0.15, 0.2) is 0 Å². The molecular weight excluding hydrogens is 250 g/mol. The van der Waals surface area contributed by atoms with E-state index in [2.05, 4.69) is 33.8 Å². The fourth-order valence-corrected chi connectivity index (χ4v) is 8.55. The monoisotopic (exact) mass is 281 g/mol. The Morgan fingerprint density at radius 1 is 1.26 bits per heavy atom. The summed E-state index contributed by atoms with van der Waals surface area (Å²) in [6.07, 6.45) is 6.06. The Morgan fingerprint density at radius 2 is 2.00 bits per heavy atom. The molecule has 0 bridgehead atoms. The first-order chi connectivity index (χ1) is 8.97. The van der Waals surface area contributed by atoms with Crippen molar-refractivity contribution in [2.45, 2.75) is 84.0 Å². The van der Waals surface area contributed by atoms with Gasteiger partial charge in [0.2, 0.25) is 0 Å². The van der Waals surface area contributed by atoms with Gasteiger partial charge in [-0.25, -0.2) is 0 Å². The van der Waals surface area contributed by atoms with E-state index < -0.39 is 8.32 Å². The molecule has 2 atom stereocenters. The molecule has 1 rings (SSSR count). The summed E-state index contributed by atoms with van der Waals surface area (Å²) in [6.45, 7) is 9.21. The van der Waals surface area contributed by atoms with E-state index in [1.165, 1.54) is 37.4 Å². The molecule has 0 saturated carbocycles. The maximum atomic E-state index is 8.76. The van der Waals surface area contributed by atoms with E-state index in [9.17, 15) is 0 Å². The van der Waals surface area contributed by atoms with Gasteiger partial charge in [0.15, 0.2) is 8.32 Å². The molecule has 1 fully saturated rings. The molecule has 0 amide bonds. The largest absolute Gasteiger partial charge is 0.414 e. The van der Waals surface area contributed by atoms with E-state index in [1.807, 2.05) is 0 Å². The van der Waals surface area contributed by atoms with Crippen LogP contribution >= 0.6 is 0 Å². The number of unbranched alkanes of at least 4 members (excludes halogenated alkanes) is 1. The minimum atomic E-state index is -1.56. The molecule has 0 aromatic rings. The molecule has 2 nitrogen and oxygen atoms in total. The van der Waals surface area contributed by atoms with E-state index in [1.54, 1.807) is 0 Å². The van der Waals surface area contributed by atoms with Gasteiger partial charge in [0.25, 0.3) is 0 Å². The Morgan fingerprint density at radius 3 is 2.58 bits per heavy atom. The summed E-state index contributed by atoms with van der Waals surface area (Å²) >= 11 is 0. The normalized spacial score (nSPS) is 27.7. The lowest BCUT2D eigenvalue weighted by Crippen LogP contribution is -2.46. The SMILES string of the molecule is CC(C)CC1CCC[Si](CCCC#N)(CC(C)C)O1. The van der Waals surface area contributed by atoms with E-state index in [4.69, 9.17) is 9.69 Å². The molecule has 0 radical (unpaired) electrons. The minimum Gasteiger partial charge on any atom is -0.414 e. The molecule has 1 aliphatic heterocycles. The van der Waals surface area contributed by atoms with Crippen LogP contribution in [0, 0.1) is 23.2 Å². The molecule has 2 unspecified atom stereocenters. The molecule has 19 heavy (non-hydrogen) atoms. The van der Waals surface area contributed by atoms with Gasteiger partial charge in [0, 0.05) is 12.5 Å². The van der Waals surface area contributed by atoms with Gasteiger partial charge in [-0.2, -0.15) is 5.26 Å². The zero-order valence-corrected chi connectivity index (χ0v) is 14.2. The molecule has 1 saturated heterocycles. The lowest BCUT2D eigenvalue weighted by atomic mass is 10.0. The first-order valence-electron chi connectivity index (χ1n) is 8.02. The second-order valence-corrected chi connectivity index (χ2v) is 11.1. The summed E-state index contributed by atoms with van der Waals surface area (Å²) in [4.78, 5) is 0. The third-order valence-corrected chi connectivity index (χ3v) is 8.93. The fourth-order valence-electron chi connectivity index (χ4n) is 3.48. The van der Waals surface area contributed by atoms with Crippen LogP contribution in [0.1, 0.15) is 59.8 Å². The van der Waals surface area contributed by atoms with Gasteiger partial charge in [-0.1, -0.05) is 34.1 Å². The predicted molar refractivity (Wildman–Crippen MR) is 83.4 cm³/mol. The Bertz CT molecular complexity index is 298. The summed E-state index contributed by atoms with van der Waals surface area (Å²) in [7, 11) is -1.56. The molecule has 1 heterocycles. The van der Waals surface area contributed by atoms with Crippen LogP contribution in [0.4, 0.5) is 0 Å². The van der Waals surface area contributed by atoms with E-state index in [0.29, 0.717) is 12.5 Å². The van der Waals surface area contributed by atoms with E-state index in [0.717, 1.165) is 18.3 Å². The highest BCUT2D eigenvalue weighted by molar-refractivity contribution is 6.74.